The molecule has 5 N–H and O–H groups in total. The first kappa shape index (κ1) is 26.3. The highest BCUT2D eigenvalue weighted by molar-refractivity contribution is 7.89. The Balaban J connectivity index is 1.22. The van der Waals surface area contributed by atoms with E-state index < -0.39 is 10.0 Å². The van der Waals surface area contributed by atoms with E-state index in [0.717, 1.165) is 44.6 Å². The Morgan fingerprint density at radius 3 is 2.54 bits per heavy atom. The lowest BCUT2D eigenvalue weighted by atomic mass is 9.82. The Bertz CT molecular complexity index is 772. The second kappa shape index (κ2) is 12.0. The second-order valence-corrected chi connectivity index (χ2v) is 13.9. The molecular weight excluding hydrogens is 462 g/mol. The highest BCUT2D eigenvalue weighted by Crippen LogP contribution is 2.32. The van der Waals surface area contributed by atoms with Gasteiger partial charge in [0.15, 0.2) is 0 Å². The quantitative estimate of drug-likeness (QED) is 0.301. The number of sulfonamides is 1. The average molecular weight is 512 g/mol. The van der Waals surface area contributed by atoms with Crippen molar-refractivity contribution in [3.8, 4) is 0 Å². The molecule has 4 heterocycles. The van der Waals surface area contributed by atoms with Crippen LogP contribution in [0.25, 0.3) is 0 Å². The Kier molecular flexibility index (Phi) is 9.03. The summed E-state index contributed by atoms with van der Waals surface area (Å²) in [5.41, 5.74) is 3.92. The monoisotopic (exact) mass is 511 g/mol. The Hall–Kier alpha value is -0.330. The summed E-state index contributed by atoms with van der Waals surface area (Å²) in [6.45, 7) is 7.11. The molecule has 6 unspecified atom stereocenters. The number of piperidine rings is 1. The lowest BCUT2D eigenvalue weighted by Crippen LogP contribution is -2.68. The van der Waals surface area contributed by atoms with Gasteiger partial charge >= 0.3 is 0 Å². The van der Waals surface area contributed by atoms with E-state index in [-0.39, 0.29) is 5.75 Å². The predicted molar refractivity (Wildman–Crippen MR) is 140 cm³/mol. The van der Waals surface area contributed by atoms with E-state index in [9.17, 15) is 8.42 Å². The van der Waals surface area contributed by atoms with Crippen LogP contribution in [-0.4, -0.2) is 101 Å². The third-order valence-electron chi connectivity index (χ3n) is 9.36. The summed E-state index contributed by atoms with van der Waals surface area (Å²) < 4.78 is 26.5. The maximum Gasteiger partial charge on any atom is 0.212 e. The molecule has 0 amide bonds. The molecule has 4 saturated heterocycles. The lowest BCUT2D eigenvalue weighted by molar-refractivity contribution is 0.117. The van der Waals surface area contributed by atoms with Crippen LogP contribution in [0.3, 0.4) is 0 Å². The molecule has 0 spiro atoms. The van der Waals surface area contributed by atoms with E-state index in [1.54, 1.807) is 0 Å². The van der Waals surface area contributed by atoms with Crippen LogP contribution in [0.4, 0.5) is 0 Å². The largest absolute Gasteiger partial charge is 0.316 e. The number of hydrazine groups is 1. The maximum atomic E-state index is 12.0. The van der Waals surface area contributed by atoms with Crippen molar-refractivity contribution < 1.29 is 8.42 Å². The van der Waals surface area contributed by atoms with Crippen molar-refractivity contribution in [2.45, 2.75) is 82.1 Å². The molecule has 10 heteroatoms. The zero-order chi connectivity index (χ0) is 24.3. The lowest BCUT2D eigenvalue weighted by Gasteiger charge is -2.44. The fraction of sp³-hybridized carbons (Fsp3) is 1.00. The number of rotatable bonds is 9. The number of fused-ring (bicyclic) bond motifs is 1. The van der Waals surface area contributed by atoms with Gasteiger partial charge in [-0.2, -0.15) is 0 Å². The van der Waals surface area contributed by atoms with Gasteiger partial charge in [0.25, 0.3) is 0 Å². The zero-order valence-corrected chi connectivity index (χ0v) is 22.5. The van der Waals surface area contributed by atoms with E-state index in [0.29, 0.717) is 36.8 Å². The van der Waals surface area contributed by atoms with E-state index >= 15 is 0 Å². The van der Waals surface area contributed by atoms with Gasteiger partial charge in [-0.3, -0.25) is 16.1 Å². The normalized spacial score (nSPS) is 38.1. The molecule has 1 saturated carbocycles. The maximum absolute atomic E-state index is 12.0. The molecule has 0 radical (unpaired) electrons. The van der Waals surface area contributed by atoms with Crippen molar-refractivity contribution >= 4 is 10.0 Å². The van der Waals surface area contributed by atoms with E-state index in [1.165, 1.54) is 71.4 Å². The molecule has 0 bridgehead atoms. The van der Waals surface area contributed by atoms with Gasteiger partial charge in [0, 0.05) is 56.8 Å². The number of hydrogen-bond donors (Lipinski definition) is 5. The summed E-state index contributed by atoms with van der Waals surface area (Å²) in [5, 5.41) is 14.1. The topological polar surface area (TPSA) is 101 Å². The fourth-order valence-electron chi connectivity index (χ4n) is 7.41. The van der Waals surface area contributed by atoms with Gasteiger partial charge < -0.3 is 10.2 Å². The number of nitrogens with zero attached hydrogens (tertiary/aromatic N) is 2. The molecule has 5 rings (SSSR count). The zero-order valence-electron chi connectivity index (χ0n) is 21.7. The van der Waals surface area contributed by atoms with Crippen molar-refractivity contribution in [1.82, 2.24) is 36.0 Å². The van der Waals surface area contributed by atoms with Crippen LogP contribution in [0.15, 0.2) is 0 Å². The summed E-state index contributed by atoms with van der Waals surface area (Å²) in [4.78, 5) is 2.37. The minimum atomic E-state index is -3.17. The summed E-state index contributed by atoms with van der Waals surface area (Å²) in [7, 11) is -1.66. The van der Waals surface area contributed by atoms with Crippen LogP contribution >= 0.6 is 0 Å². The second-order valence-electron chi connectivity index (χ2n) is 11.9. The molecule has 1 aliphatic carbocycles. The van der Waals surface area contributed by atoms with Gasteiger partial charge in [0.2, 0.25) is 10.0 Å². The number of hydrogen-bond acceptors (Lipinski definition) is 8. The van der Waals surface area contributed by atoms with Gasteiger partial charge in [-0.1, -0.05) is 32.1 Å². The van der Waals surface area contributed by atoms with Crippen molar-refractivity contribution in [2.24, 2.45) is 17.8 Å². The van der Waals surface area contributed by atoms with Crippen molar-refractivity contribution in [1.29, 1.82) is 0 Å². The van der Waals surface area contributed by atoms with E-state index in [4.69, 9.17) is 0 Å². The SMILES string of the molecule is CNS(=O)(=O)CCN1CC2NC(CC3CCCCC3)NC(C3CCN(CC4CCCNC4)N3)C2C1. The molecule has 6 atom stereocenters. The standard InChI is InChI=1S/C25H49N7O2S/c1-26-35(33,34)13-12-31-17-21-23(18-31)28-24(14-19-6-3-2-4-7-19)29-25(21)22-9-11-32(30-22)16-20-8-5-10-27-15-20/h19-30H,2-18H2,1H3. The van der Waals surface area contributed by atoms with Crippen molar-refractivity contribution in [3.05, 3.63) is 0 Å². The highest BCUT2D eigenvalue weighted by Gasteiger charge is 2.47. The Morgan fingerprint density at radius 1 is 0.943 bits per heavy atom. The van der Waals surface area contributed by atoms with E-state index in [1.807, 2.05) is 0 Å². The number of likely N-dealkylation sites (tertiary alicyclic amines) is 1. The molecular formula is C25H49N7O2S. The van der Waals surface area contributed by atoms with Crippen LogP contribution in [0.1, 0.15) is 57.8 Å². The first-order valence-electron chi connectivity index (χ1n) is 14.4. The molecule has 0 aromatic rings. The van der Waals surface area contributed by atoms with Gasteiger partial charge in [0.05, 0.1) is 11.9 Å². The minimum absolute atomic E-state index is 0.178. The Labute approximate surface area is 212 Å². The summed E-state index contributed by atoms with van der Waals surface area (Å²) >= 11 is 0. The van der Waals surface area contributed by atoms with Crippen LogP contribution in [0.5, 0.6) is 0 Å². The Morgan fingerprint density at radius 2 is 1.77 bits per heavy atom. The molecule has 5 aliphatic rings. The molecule has 35 heavy (non-hydrogen) atoms. The third kappa shape index (κ3) is 6.96. The first-order chi connectivity index (χ1) is 17.0. The van der Waals surface area contributed by atoms with Crippen LogP contribution in [-0.2, 0) is 10.0 Å². The van der Waals surface area contributed by atoms with Gasteiger partial charge in [-0.05, 0) is 57.7 Å². The first-order valence-corrected chi connectivity index (χ1v) is 16.0. The molecule has 5 fully saturated rings. The van der Waals surface area contributed by atoms with Crippen LogP contribution in [0, 0.1) is 17.8 Å². The highest BCUT2D eigenvalue weighted by atomic mass is 32.2. The smallest absolute Gasteiger partial charge is 0.212 e. The fourth-order valence-corrected chi connectivity index (χ4v) is 8.11. The molecule has 202 valence electrons. The summed E-state index contributed by atoms with van der Waals surface area (Å²) in [6.07, 6.45) is 12.3. The molecule has 0 aromatic carbocycles. The van der Waals surface area contributed by atoms with Crippen molar-refractivity contribution in [2.75, 3.05) is 58.6 Å². The average Bonchev–Trinajstić information content (AvgIpc) is 3.50. The minimum Gasteiger partial charge on any atom is -0.316 e. The summed E-state index contributed by atoms with van der Waals surface area (Å²) in [5.74, 6) is 2.26. The number of nitrogens with one attached hydrogen (secondary N) is 5. The van der Waals surface area contributed by atoms with Crippen LogP contribution < -0.4 is 26.1 Å². The third-order valence-corrected chi connectivity index (χ3v) is 10.7. The van der Waals surface area contributed by atoms with Crippen molar-refractivity contribution in [3.63, 3.8) is 0 Å². The van der Waals surface area contributed by atoms with Gasteiger partial charge in [0.1, 0.15) is 0 Å². The molecule has 0 aromatic heterocycles. The predicted octanol–water partition coefficient (Wildman–Crippen LogP) is 0.272. The summed E-state index contributed by atoms with van der Waals surface area (Å²) in [6, 6.07) is 1.32. The van der Waals surface area contributed by atoms with E-state index in [2.05, 4.69) is 36.0 Å². The van der Waals surface area contributed by atoms with Crippen LogP contribution in [0.2, 0.25) is 0 Å². The molecule has 4 aliphatic heterocycles. The van der Waals surface area contributed by atoms with Gasteiger partial charge in [-0.25, -0.2) is 18.1 Å². The molecule has 9 nitrogen and oxygen atoms in total. The van der Waals surface area contributed by atoms with Gasteiger partial charge in [-0.15, -0.1) is 0 Å².